The Morgan fingerprint density at radius 1 is 1.30 bits per heavy atom. The lowest BCUT2D eigenvalue weighted by Gasteiger charge is -2.10. The number of carbonyl (C=O) groups is 1. The number of nitrogen functional groups attached to an aromatic ring is 1. The van der Waals surface area contributed by atoms with Crippen molar-refractivity contribution < 1.29 is 13.9 Å². The van der Waals surface area contributed by atoms with Gasteiger partial charge in [-0.1, -0.05) is 11.6 Å². The average Bonchev–Trinajstić information content (AvgIpc) is 2.44. The molecule has 0 spiro atoms. The Balaban J connectivity index is 2.25. The lowest BCUT2D eigenvalue weighted by atomic mass is 10.2. The second-order valence-electron chi connectivity index (χ2n) is 4.01. The molecule has 0 fully saturated rings. The third kappa shape index (κ3) is 3.00. The maximum absolute atomic E-state index is 13.0. The summed E-state index contributed by atoms with van der Waals surface area (Å²) in [4.78, 5) is 11.5. The zero-order chi connectivity index (χ0) is 14.7. The van der Waals surface area contributed by atoms with E-state index in [1.807, 2.05) is 0 Å². The zero-order valence-electron chi connectivity index (χ0n) is 10.6. The summed E-state index contributed by atoms with van der Waals surface area (Å²) in [6.07, 6.45) is 0. The van der Waals surface area contributed by atoms with Crippen LogP contribution in [0.5, 0.6) is 11.5 Å². The number of amides is 1. The maximum Gasteiger partial charge on any atom is 0.251 e. The highest BCUT2D eigenvalue weighted by Gasteiger charge is 2.09. The molecule has 0 atom stereocenters. The highest BCUT2D eigenvalue weighted by Crippen LogP contribution is 2.30. The van der Waals surface area contributed by atoms with E-state index in [1.54, 1.807) is 12.1 Å². The van der Waals surface area contributed by atoms with E-state index in [4.69, 9.17) is 22.1 Å². The van der Waals surface area contributed by atoms with E-state index in [1.165, 1.54) is 31.3 Å². The normalized spacial score (nSPS) is 10.2. The maximum atomic E-state index is 13.0. The van der Waals surface area contributed by atoms with Crippen LogP contribution >= 0.6 is 11.6 Å². The van der Waals surface area contributed by atoms with Gasteiger partial charge in [0, 0.05) is 18.7 Å². The van der Waals surface area contributed by atoms with Gasteiger partial charge in [0.05, 0.1) is 10.7 Å². The molecule has 2 aromatic rings. The van der Waals surface area contributed by atoms with Gasteiger partial charge in [0.25, 0.3) is 5.91 Å². The second-order valence-corrected chi connectivity index (χ2v) is 4.42. The number of carbonyl (C=O) groups excluding carboxylic acids is 1. The van der Waals surface area contributed by atoms with Gasteiger partial charge < -0.3 is 15.8 Å². The molecule has 6 heteroatoms. The number of hydrogen-bond donors (Lipinski definition) is 2. The van der Waals surface area contributed by atoms with Gasteiger partial charge in [-0.25, -0.2) is 4.39 Å². The first-order chi connectivity index (χ1) is 9.51. The Labute approximate surface area is 120 Å². The molecule has 0 aromatic heterocycles. The predicted molar refractivity (Wildman–Crippen MR) is 75.7 cm³/mol. The van der Waals surface area contributed by atoms with Crippen LogP contribution in [0, 0.1) is 5.82 Å². The lowest BCUT2D eigenvalue weighted by Crippen LogP contribution is -2.17. The Hall–Kier alpha value is -2.27. The van der Waals surface area contributed by atoms with E-state index >= 15 is 0 Å². The summed E-state index contributed by atoms with van der Waals surface area (Å²) in [5.41, 5.74) is 6.54. The van der Waals surface area contributed by atoms with Gasteiger partial charge in [-0.05, 0) is 30.3 Å². The molecule has 1 amide bonds. The van der Waals surface area contributed by atoms with Crippen LogP contribution in [0.3, 0.4) is 0 Å². The molecule has 0 saturated heterocycles. The van der Waals surface area contributed by atoms with Crippen molar-refractivity contribution >= 4 is 23.2 Å². The summed E-state index contributed by atoms with van der Waals surface area (Å²) in [6, 6.07) is 8.63. The molecule has 0 unspecified atom stereocenters. The van der Waals surface area contributed by atoms with Gasteiger partial charge in [0.2, 0.25) is 0 Å². The van der Waals surface area contributed by atoms with E-state index < -0.39 is 5.82 Å². The third-order valence-corrected chi connectivity index (χ3v) is 2.91. The summed E-state index contributed by atoms with van der Waals surface area (Å²) in [6.45, 7) is 0. The van der Waals surface area contributed by atoms with E-state index in [2.05, 4.69) is 5.32 Å². The first-order valence-electron chi connectivity index (χ1n) is 5.76. The van der Waals surface area contributed by atoms with Crippen LogP contribution < -0.4 is 15.8 Å². The zero-order valence-corrected chi connectivity index (χ0v) is 11.4. The fraction of sp³-hybridized carbons (Fsp3) is 0.0714. The van der Waals surface area contributed by atoms with Crippen molar-refractivity contribution in [1.29, 1.82) is 0 Å². The summed E-state index contributed by atoms with van der Waals surface area (Å²) in [5, 5.41) is 2.46. The van der Waals surface area contributed by atoms with Crippen molar-refractivity contribution in [1.82, 2.24) is 5.32 Å². The Morgan fingerprint density at radius 3 is 2.65 bits per heavy atom. The molecule has 2 aromatic carbocycles. The molecule has 0 aliphatic carbocycles. The van der Waals surface area contributed by atoms with Crippen molar-refractivity contribution in [3.8, 4) is 11.5 Å². The molecule has 0 aliphatic heterocycles. The molecule has 0 aliphatic rings. The largest absolute Gasteiger partial charge is 0.455 e. The van der Waals surface area contributed by atoms with Gasteiger partial charge in [-0.2, -0.15) is 0 Å². The molecule has 0 heterocycles. The van der Waals surface area contributed by atoms with Crippen molar-refractivity contribution in [2.75, 3.05) is 12.8 Å². The van der Waals surface area contributed by atoms with E-state index in [-0.39, 0.29) is 10.9 Å². The van der Waals surface area contributed by atoms with Crippen LogP contribution in [0.1, 0.15) is 10.4 Å². The van der Waals surface area contributed by atoms with E-state index in [0.717, 1.165) is 0 Å². The van der Waals surface area contributed by atoms with E-state index in [0.29, 0.717) is 22.7 Å². The summed E-state index contributed by atoms with van der Waals surface area (Å²) in [7, 11) is 1.53. The van der Waals surface area contributed by atoms with Crippen molar-refractivity contribution in [2.24, 2.45) is 0 Å². The van der Waals surface area contributed by atoms with Crippen molar-refractivity contribution in [3.63, 3.8) is 0 Å². The lowest BCUT2D eigenvalue weighted by molar-refractivity contribution is 0.0963. The molecule has 2 rings (SSSR count). The number of ether oxygens (including phenoxy) is 1. The summed E-state index contributed by atoms with van der Waals surface area (Å²) in [5.74, 6) is -0.0499. The van der Waals surface area contributed by atoms with Crippen LogP contribution in [-0.2, 0) is 0 Å². The van der Waals surface area contributed by atoms with Gasteiger partial charge in [-0.15, -0.1) is 0 Å². The number of hydrogen-bond acceptors (Lipinski definition) is 3. The van der Waals surface area contributed by atoms with E-state index in [9.17, 15) is 9.18 Å². The number of halogens is 2. The van der Waals surface area contributed by atoms with Crippen LogP contribution in [-0.4, -0.2) is 13.0 Å². The fourth-order valence-corrected chi connectivity index (χ4v) is 1.76. The average molecular weight is 295 g/mol. The minimum Gasteiger partial charge on any atom is -0.455 e. The van der Waals surface area contributed by atoms with Gasteiger partial charge in [0.15, 0.2) is 0 Å². The summed E-state index contributed by atoms with van der Waals surface area (Å²) >= 11 is 5.67. The number of nitrogens with one attached hydrogen (secondary N) is 1. The summed E-state index contributed by atoms with van der Waals surface area (Å²) < 4.78 is 18.5. The molecule has 104 valence electrons. The van der Waals surface area contributed by atoms with Crippen LogP contribution in [0.25, 0.3) is 0 Å². The minimum atomic E-state index is -0.526. The Kier molecular flexibility index (Phi) is 4.10. The SMILES string of the molecule is CNC(=O)c1ccc(Oc2ccc(F)c(Cl)c2)c(N)c1. The van der Waals surface area contributed by atoms with Crippen LogP contribution in [0.4, 0.5) is 10.1 Å². The molecule has 0 bridgehead atoms. The number of benzene rings is 2. The van der Waals surface area contributed by atoms with Gasteiger partial charge in [0.1, 0.15) is 17.3 Å². The second kappa shape index (κ2) is 5.79. The van der Waals surface area contributed by atoms with Gasteiger partial charge >= 0.3 is 0 Å². The predicted octanol–water partition coefficient (Wildman–Crippen LogP) is 3.21. The van der Waals surface area contributed by atoms with Crippen LogP contribution in [0.15, 0.2) is 36.4 Å². The number of nitrogens with two attached hydrogens (primary N) is 1. The monoisotopic (exact) mass is 294 g/mol. The quantitative estimate of drug-likeness (QED) is 0.854. The van der Waals surface area contributed by atoms with Crippen molar-refractivity contribution in [3.05, 3.63) is 52.8 Å². The minimum absolute atomic E-state index is 0.0388. The molecular weight excluding hydrogens is 283 g/mol. The highest BCUT2D eigenvalue weighted by molar-refractivity contribution is 6.30. The smallest absolute Gasteiger partial charge is 0.251 e. The highest BCUT2D eigenvalue weighted by atomic mass is 35.5. The molecule has 0 saturated carbocycles. The molecular formula is C14H12ClFN2O2. The molecule has 4 nitrogen and oxygen atoms in total. The first-order valence-corrected chi connectivity index (χ1v) is 6.13. The molecule has 3 N–H and O–H groups in total. The van der Waals surface area contributed by atoms with Crippen LogP contribution in [0.2, 0.25) is 5.02 Å². The molecule has 0 radical (unpaired) electrons. The molecule has 20 heavy (non-hydrogen) atoms. The Morgan fingerprint density at radius 2 is 2.05 bits per heavy atom. The van der Waals surface area contributed by atoms with Gasteiger partial charge in [-0.3, -0.25) is 4.79 Å². The third-order valence-electron chi connectivity index (χ3n) is 2.62. The number of anilines is 1. The standard InChI is InChI=1S/C14H12ClFN2O2/c1-18-14(19)8-2-5-13(12(17)6-8)20-9-3-4-11(16)10(15)7-9/h2-7H,17H2,1H3,(H,18,19). The topological polar surface area (TPSA) is 64.3 Å². The Bertz CT molecular complexity index is 662. The first kappa shape index (κ1) is 14.1. The number of rotatable bonds is 3. The van der Waals surface area contributed by atoms with Crippen molar-refractivity contribution in [2.45, 2.75) is 0 Å². The fourth-order valence-electron chi connectivity index (χ4n) is 1.59.